The van der Waals surface area contributed by atoms with E-state index >= 15 is 0 Å². The van der Waals surface area contributed by atoms with Crippen LogP contribution in [0.2, 0.25) is 0 Å². The minimum atomic E-state index is -0.888. The van der Waals surface area contributed by atoms with Gasteiger partial charge in [-0.05, 0) is 49.2 Å². The zero-order chi connectivity index (χ0) is 19.9. The van der Waals surface area contributed by atoms with Gasteiger partial charge in [0, 0.05) is 25.3 Å². The topological polar surface area (TPSA) is 67.9 Å². The van der Waals surface area contributed by atoms with E-state index in [1.54, 1.807) is 25.1 Å². The molecule has 0 unspecified atom stereocenters. The van der Waals surface area contributed by atoms with E-state index in [9.17, 15) is 9.59 Å². The van der Waals surface area contributed by atoms with Crippen LogP contribution in [0.4, 0.5) is 5.69 Å². The van der Waals surface area contributed by atoms with E-state index in [1.165, 1.54) is 0 Å². The lowest BCUT2D eigenvalue weighted by Gasteiger charge is -2.26. The lowest BCUT2D eigenvalue weighted by Crippen LogP contribution is -2.35. The van der Waals surface area contributed by atoms with Crippen molar-refractivity contribution in [3.63, 3.8) is 0 Å². The molecule has 3 rings (SSSR count). The number of nitrogens with one attached hydrogen (secondary N) is 1. The van der Waals surface area contributed by atoms with E-state index in [0.29, 0.717) is 11.3 Å². The van der Waals surface area contributed by atoms with Crippen molar-refractivity contribution in [2.24, 2.45) is 0 Å². The number of nitrogens with zero attached hydrogens (tertiary/aromatic N) is 1. The van der Waals surface area contributed by atoms with E-state index in [0.717, 1.165) is 44.0 Å². The van der Waals surface area contributed by atoms with Crippen LogP contribution < -0.4 is 5.32 Å². The molecular formula is C22H26N2O4. The summed E-state index contributed by atoms with van der Waals surface area (Å²) >= 11 is 0. The minimum absolute atomic E-state index is 0.358. The predicted octanol–water partition coefficient (Wildman–Crippen LogP) is 3.01. The molecule has 1 N–H and O–H groups in total. The fourth-order valence-corrected chi connectivity index (χ4v) is 3.01. The maximum Gasteiger partial charge on any atom is 0.338 e. The Labute approximate surface area is 165 Å². The second kappa shape index (κ2) is 9.48. The summed E-state index contributed by atoms with van der Waals surface area (Å²) < 4.78 is 10.7. The highest BCUT2D eigenvalue weighted by molar-refractivity contribution is 5.97. The smallest absolute Gasteiger partial charge is 0.338 e. The first kappa shape index (κ1) is 20.0. The number of amides is 1. The molecule has 1 atom stereocenters. The maximum absolute atomic E-state index is 12.3. The van der Waals surface area contributed by atoms with E-state index in [1.807, 2.05) is 37.3 Å². The summed E-state index contributed by atoms with van der Waals surface area (Å²) in [6, 6.07) is 14.8. The van der Waals surface area contributed by atoms with Gasteiger partial charge in [0.2, 0.25) is 0 Å². The molecule has 6 nitrogen and oxygen atoms in total. The molecule has 1 amide bonds. The van der Waals surface area contributed by atoms with E-state index < -0.39 is 12.1 Å². The van der Waals surface area contributed by atoms with Gasteiger partial charge in [-0.3, -0.25) is 9.69 Å². The number of hydrogen-bond donors (Lipinski definition) is 1. The van der Waals surface area contributed by atoms with Crippen LogP contribution in [0, 0.1) is 6.92 Å². The van der Waals surface area contributed by atoms with Crippen LogP contribution in [0.1, 0.15) is 28.4 Å². The van der Waals surface area contributed by atoms with Gasteiger partial charge in [-0.25, -0.2) is 4.79 Å². The van der Waals surface area contributed by atoms with E-state index in [4.69, 9.17) is 9.47 Å². The number of benzene rings is 2. The number of esters is 1. The number of anilines is 1. The lowest BCUT2D eigenvalue weighted by atomic mass is 10.1. The summed E-state index contributed by atoms with van der Waals surface area (Å²) in [5, 5.41) is 2.76. The quantitative estimate of drug-likeness (QED) is 0.778. The van der Waals surface area contributed by atoms with E-state index in [-0.39, 0.29) is 5.91 Å². The van der Waals surface area contributed by atoms with Crippen molar-refractivity contribution >= 4 is 17.6 Å². The average molecular weight is 382 g/mol. The molecule has 1 aliphatic heterocycles. The van der Waals surface area contributed by atoms with Crippen LogP contribution in [0.5, 0.6) is 0 Å². The fraction of sp³-hybridized carbons (Fsp3) is 0.364. The molecule has 1 fully saturated rings. The highest BCUT2D eigenvalue weighted by Gasteiger charge is 2.19. The van der Waals surface area contributed by atoms with Gasteiger partial charge in [0.05, 0.1) is 18.8 Å². The van der Waals surface area contributed by atoms with Crippen molar-refractivity contribution in [1.29, 1.82) is 0 Å². The molecule has 0 saturated carbocycles. The SMILES string of the molecule is Cc1cccc(NC(=O)[C@H](C)OC(=O)c2ccc(CN3CCOCC3)cc2)c1. The standard InChI is InChI=1S/C22H26N2O4/c1-16-4-3-5-20(14-16)23-21(25)17(2)28-22(26)19-8-6-18(7-9-19)15-24-10-12-27-13-11-24/h3-9,14,17H,10-13,15H2,1-2H3,(H,23,25)/t17-/m0/s1. The molecule has 0 spiro atoms. The van der Waals surface area contributed by atoms with Crippen molar-refractivity contribution in [2.75, 3.05) is 31.6 Å². The number of morpholine rings is 1. The van der Waals surface area contributed by atoms with Gasteiger partial charge in [0.15, 0.2) is 6.10 Å². The molecule has 2 aromatic rings. The van der Waals surface area contributed by atoms with Gasteiger partial charge in [0.25, 0.3) is 5.91 Å². The van der Waals surface area contributed by atoms with Crippen molar-refractivity contribution in [1.82, 2.24) is 4.90 Å². The number of hydrogen-bond acceptors (Lipinski definition) is 5. The summed E-state index contributed by atoms with van der Waals surface area (Å²) in [5.41, 5.74) is 3.28. The molecular weight excluding hydrogens is 356 g/mol. The molecule has 0 aliphatic carbocycles. The first-order valence-electron chi connectivity index (χ1n) is 9.49. The third-order valence-electron chi connectivity index (χ3n) is 4.64. The summed E-state index contributed by atoms with van der Waals surface area (Å²) in [6.45, 7) is 7.68. The Morgan fingerprint density at radius 2 is 1.86 bits per heavy atom. The predicted molar refractivity (Wildman–Crippen MR) is 107 cm³/mol. The molecule has 0 aromatic heterocycles. The van der Waals surface area contributed by atoms with Crippen LogP contribution >= 0.6 is 0 Å². The lowest BCUT2D eigenvalue weighted by molar-refractivity contribution is -0.123. The molecule has 28 heavy (non-hydrogen) atoms. The molecule has 1 aliphatic rings. The van der Waals surface area contributed by atoms with Crippen molar-refractivity contribution in [3.8, 4) is 0 Å². The summed E-state index contributed by atoms with van der Waals surface area (Å²) in [4.78, 5) is 26.9. The maximum atomic E-state index is 12.3. The Kier molecular flexibility index (Phi) is 6.79. The molecule has 2 aromatic carbocycles. The van der Waals surface area contributed by atoms with Gasteiger partial charge in [-0.15, -0.1) is 0 Å². The van der Waals surface area contributed by atoms with Crippen molar-refractivity contribution in [2.45, 2.75) is 26.5 Å². The second-order valence-electron chi connectivity index (χ2n) is 6.99. The Balaban J connectivity index is 1.52. The number of aryl methyl sites for hydroxylation is 1. The van der Waals surface area contributed by atoms with Gasteiger partial charge in [-0.1, -0.05) is 24.3 Å². The third kappa shape index (κ3) is 5.65. The van der Waals surface area contributed by atoms with Crippen molar-refractivity contribution < 1.29 is 19.1 Å². The first-order chi connectivity index (χ1) is 13.5. The second-order valence-corrected chi connectivity index (χ2v) is 6.99. The monoisotopic (exact) mass is 382 g/mol. The Morgan fingerprint density at radius 3 is 2.54 bits per heavy atom. The van der Waals surface area contributed by atoms with Crippen LogP contribution in [0.3, 0.4) is 0 Å². The van der Waals surface area contributed by atoms with Crippen molar-refractivity contribution in [3.05, 3.63) is 65.2 Å². The summed E-state index contributed by atoms with van der Waals surface area (Å²) in [5.74, 6) is -0.868. The normalized spacial score (nSPS) is 15.6. The zero-order valence-corrected chi connectivity index (χ0v) is 16.3. The summed E-state index contributed by atoms with van der Waals surface area (Å²) in [7, 11) is 0. The summed E-state index contributed by atoms with van der Waals surface area (Å²) in [6.07, 6.45) is -0.888. The fourth-order valence-electron chi connectivity index (χ4n) is 3.01. The Bertz CT molecular complexity index is 814. The molecule has 1 saturated heterocycles. The third-order valence-corrected chi connectivity index (χ3v) is 4.64. The van der Waals surface area contributed by atoms with Crippen LogP contribution in [0.15, 0.2) is 48.5 Å². The number of ether oxygens (including phenoxy) is 2. The minimum Gasteiger partial charge on any atom is -0.449 e. The van der Waals surface area contributed by atoms with Gasteiger partial charge < -0.3 is 14.8 Å². The molecule has 6 heteroatoms. The zero-order valence-electron chi connectivity index (χ0n) is 16.3. The van der Waals surface area contributed by atoms with Gasteiger partial charge >= 0.3 is 5.97 Å². The molecule has 1 heterocycles. The Hall–Kier alpha value is -2.70. The van der Waals surface area contributed by atoms with E-state index in [2.05, 4.69) is 10.2 Å². The number of rotatable bonds is 6. The molecule has 148 valence electrons. The average Bonchev–Trinajstić information content (AvgIpc) is 2.69. The van der Waals surface area contributed by atoms with Gasteiger partial charge in [-0.2, -0.15) is 0 Å². The molecule has 0 bridgehead atoms. The van der Waals surface area contributed by atoms with Gasteiger partial charge in [0.1, 0.15) is 0 Å². The number of carbonyl (C=O) groups excluding carboxylic acids is 2. The number of carbonyl (C=O) groups is 2. The largest absolute Gasteiger partial charge is 0.449 e. The van der Waals surface area contributed by atoms with Crippen LogP contribution in [-0.2, 0) is 20.8 Å². The first-order valence-corrected chi connectivity index (χ1v) is 9.49. The molecule has 0 radical (unpaired) electrons. The van der Waals surface area contributed by atoms with Crippen LogP contribution in [0.25, 0.3) is 0 Å². The highest BCUT2D eigenvalue weighted by atomic mass is 16.5. The Morgan fingerprint density at radius 1 is 1.14 bits per heavy atom. The highest BCUT2D eigenvalue weighted by Crippen LogP contribution is 2.13. The van der Waals surface area contributed by atoms with Crippen LogP contribution in [-0.4, -0.2) is 49.2 Å².